The predicted octanol–water partition coefficient (Wildman–Crippen LogP) is 0.485. The van der Waals surface area contributed by atoms with E-state index in [0.717, 1.165) is 6.54 Å². The van der Waals surface area contributed by atoms with Gasteiger partial charge in [0.1, 0.15) is 0 Å². The molecule has 0 spiro atoms. The molecule has 108 valence electrons. The van der Waals surface area contributed by atoms with Gasteiger partial charge in [-0.1, -0.05) is 13.8 Å². The normalized spacial score (nSPS) is 15.8. The molecule has 0 saturated carbocycles. The maximum Gasteiger partial charge on any atom is 0.252 e. The topological polar surface area (TPSA) is 79.5 Å². The largest absolute Gasteiger partial charge is 0.365 e. The van der Waals surface area contributed by atoms with Crippen molar-refractivity contribution in [2.24, 2.45) is 11.7 Å². The lowest BCUT2D eigenvalue weighted by Gasteiger charge is -2.36. The van der Waals surface area contributed by atoms with Crippen molar-refractivity contribution in [3.63, 3.8) is 0 Å². The van der Waals surface area contributed by atoms with E-state index < -0.39 is 5.91 Å². The van der Waals surface area contributed by atoms with Crippen molar-refractivity contribution in [2.45, 2.75) is 13.8 Å². The highest BCUT2D eigenvalue weighted by molar-refractivity contribution is 5.99. The molecule has 1 aromatic rings. The van der Waals surface area contributed by atoms with Crippen LogP contribution in [0.15, 0.2) is 18.5 Å². The van der Waals surface area contributed by atoms with Gasteiger partial charge < -0.3 is 15.5 Å². The molecule has 1 saturated heterocycles. The molecule has 2 rings (SSSR count). The van der Waals surface area contributed by atoms with Gasteiger partial charge in [-0.25, -0.2) is 0 Å². The van der Waals surface area contributed by atoms with Crippen LogP contribution < -0.4 is 10.6 Å². The first-order chi connectivity index (χ1) is 9.49. The Bertz CT molecular complexity index is 516. The second-order valence-corrected chi connectivity index (χ2v) is 5.41. The zero-order chi connectivity index (χ0) is 14.7. The number of primary amides is 1. The second-order valence-electron chi connectivity index (χ2n) is 5.41. The molecule has 2 amide bonds. The Morgan fingerprint density at radius 3 is 2.80 bits per heavy atom. The molecular formula is C14H20N4O2. The summed E-state index contributed by atoms with van der Waals surface area (Å²) in [6, 6.07) is 1.73. The van der Waals surface area contributed by atoms with E-state index in [2.05, 4.69) is 18.8 Å². The Balaban J connectivity index is 2.14. The average Bonchev–Trinajstić information content (AvgIpc) is 2.40. The first kappa shape index (κ1) is 14.3. The highest BCUT2D eigenvalue weighted by Gasteiger charge is 2.26. The van der Waals surface area contributed by atoms with Gasteiger partial charge in [0, 0.05) is 32.0 Å². The van der Waals surface area contributed by atoms with Gasteiger partial charge in [0.25, 0.3) is 5.91 Å². The molecule has 1 fully saturated rings. The van der Waals surface area contributed by atoms with Gasteiger partial charge >= 0.3 is 0 Å². The number of rotatable bonds is 4. The fourth-order valence-electron chi connectivity index (χ4n) is 2.40. The fourth-order valence-corrected chi connectivity index (χ4v) is 2.40. The number of hydrogen-bond donors (Lipinski definition) is 1. The molecule has 1 aromatic heterocycles. The van der Waals surface area contributed by atoms with Crippen molar-refractivity contribution in [3.05, 3.63) is 24.0 Å². The lowest BCUT2D eigenvalue weighted by Crippen LogP contribution is -2.51. The Morgan fingerprint density at radius 1 is 1.45 bits per heavy atom. The maximum atomic E-state index is 12.1. The van der Waals surface area contributed by atoms with Gasteiger partial charge in [0.15, 0.2) is 0 Å². The summed E-state index contributed by atoms with van der Waals surface area (Å²) in [4.78, 5) is 31.2. The third-order valence-electron chi connectivity index (χ3n) is 3.31. The number of pyridine rings is 1. The molecule has 20 heavy (non-hydrogen) atoms. The number of piperazine rings is 1. The Kier molecular flexibility index (Phi) is 4.22. The third kappa shape index (κ3) is 3.07. The van der Waals surface area contributed by atoms with Crippen LogP contribution in [-0.2, 0) is 4.79 Å². The van der Waals surface area contributed by atoms with Gasteiger partial charge in [0.05, 0.1) is 17.8 Å². The number of nitrogens with zero attached hydrogens (tertiary/aromatic N) is 3. The van der Waals surface area contributed by atoms with Crippen molar-refractivity contribution >= 4 is 17.5 Å². The minimum Gasteiger partial charge on any atom is -0.365 e. The lowest BCUT2D eigenvalue weighted by molar-refractivity contribution is -0.131. The summed E-state index contributed by atoms with van der Waals surface area (Å²) < 4.78 is 0. The van der Waals surface area contributed by atoms with Gasteiger partial charge in [-0.15, -0.1) is 0 Å². The number of anilines is 1. The number of nitrogens with two attached hydrogens (primary N) is 1. The van der Waals surface area contributed by atoms with Crippen LogP contribution in [0.2, 0.25) is 0 Å². The molecule has 0 aromatic carbocycles. The second kappa shape index (κ2) is 5.90. The Morgan fingerprint density at radius 2 is 2.20 bits per heavy atom. The molecule has 1 aliphatic rings. The molecule has 0 atom stereocenters. The Hall–Kier alpha value is -2.11. The maximum absolute atomic E-state index is 12.1. The van der Waals surface area contributed by atoms with Crippen molar-refractivity contribution < 1.29 is 9.59 Å². The highest BCUT2D eigenvalue weighted by Crippen LogP contribution is 2.21. The standard InChI is InChI=1S/C14H20N4O2/c1-10(2)8-18-6-5-17(9-13(18)19)12-3-4-16-7-11(12)14(15)20/h3-4,7,10H,5-6,8-9H2,1-2H3,(H2,15,20). The SMILES string of the molecule is CC(C)CN1CCN(c2ccncc2C(N)=O)CC1=O. The molecule has 6 nitrogen and oxygen atoms in total. The smallest absolute Gasteiger partial charge is 0.252 e. The summed E-state index contributed by atoms with van der Waals surface area (Å²) >= 11 is 0. The van der Waals surface area contributed by atoms with E-state index in [9.17, 15) is 9.59 Å². The summed E-state index contributed by atoms with van der Waals surface area (Å²) in [5, 5.41) is 0. The zero-order valence-corrected chi connectivity index (χ0v) is 11.9. The number of amides is 2. The monoisotopic (exact) mass is 276 g/mol. The molecular weight excluding hydrogens is 256 g/mol. The number of aromatic nitrogens is 1. The average molecular weight is 276 g/mol. The number of carbonyl (C=O) groups excluding carboxylic acids is 2. The highest BCUT2D eigenvalue weighted by atomic mass is 16.2. The minimum atomic E-state index is -0.523. The van der Waals surface area contributed by atoms with Crippen LogP contribution in [0.4, 0.5) is 5.69 Å². The molecule has 2 N–H and O–H groups in total. The summed E-state index contributed by atoms with van der Waals surface area (Å²) in [5.41, 5.74) is 6.39. The summed E-state index contributed by atoms with van der Waals surface area (Å²) in [5.74, 6) is 0.00921. The van der Waals surface area contributed by atoms with E-state index in [-0.39, 0.29) is 12.5 Å². The van der Waals surface area contributed by atoms with Crippen molar-refractivity contribution in [3.8, 4) is 0 Å². The van der Waals surface area contributed by atoms with Crippen molar-refractivity contribution in [1.82, 2.24) is 9.88 Å². The molecule has 0 unspecified atom stereocenters. The van der Waals surface area contributed by atoms with E-state index in [1.807, 2.05) is 9.80 Å². The first-order valence-corrected chi connectivity index (χ1v) is 6.75. The van der Waals surface area contributed by atoms with Gasteiger partial charge in [0.2, 0.25) is 5.91 Å². The molecule has 0 radical (unpaired) electrons. The molecule has 2 heterocycles. The van der Waals surface area contributed by atoms with Crippen molar-refractivity contribution in [1.29, 1.82) is 0 Å². The Labute approximate surface area is 118 Å². The first-order valence-electron chi connectivity index (χ1n) is 6.75. The van der Waals surface area contributed by atoms with Crippen LogP contribution >= 0.6 is 0 Å². The van der Waals surface area contributed by atoms with E-state index in [1.165, 1.54) is 6.20 Å². The van der Waals surface area contributed by atoms with Gasteiger partial charge in [-0.05, 0) is 12.0 Å². The zero-order valence-electron chi connectivity index (χ0n) is 11.9. The quantitative estimate of drug-likeness (QED) is 0.867. The van der Waals surface area contributed by atoms with Gasteiger partial charge in [-0.2, -0.15) is 0 Å². The van der Waals surface area contributed by atoms with Gasteiger partial charge in [-0.3, -0.25) is 14.6 Å². The van der Waals surface area contributed by atoms with Crippen LogP contribution in [0.3, 0.4) is 0 Å². The van der Waals surface area contributed by atoms with Crippen LogP contribution in [0.1, 0.15) is 24.2 Å². The summed E-state index contributed by atoms with van der Waals surface area (Å²) in [6.45, 7) is 6.59. The molecule has 0 aliphatic carbocycles. The molecule has 1 aliphatic heterocycles. The molecule has 6 heteroatoms. The van der Waals surface area contributed by atoms with E-state index in [1.54, 1.807) is 12.3 Å². The van der Waals surface area contributed by atoms with E-state index >= 15 is 0 Å². The fraction of sp³-hybridized carbons (Fsp3) is 0.500. The summed E-state index contributed by atoms with van der Waals surface area (Å²) in [6.07, 6.45) is 3.05. The predicted molar refractivity (Wildman–Crippen MR) is 76.4 cm³/mol. The lowest BCUT2D eigenvalue weighted by atomic mass is 10.1. The van der Waals surface area contributed by atoms with Crippen molar-refractivity contribution in [2.75, 3.05) is 31.1 Å². The number of carbonyl (C=O) groups is 2. The minimum absolute atomic E-state index is 0.0807. The van der Waals surface area contributed by atoms with E-state index in [4.69, 9.17) is 5.73 Å². The third-order valence-corrected chi connectivity index (χ3v) is 3.31. The number of hydrogen-bond acceptors (Lipinski definition) is 4. The summed E-state index contributed by atoms with van der Waals surface area (Å²) in [7, 11) is 0. The van der Waals surface area contributed by atoms with Crippen LogP contribution in [0, 0.1) is 5.92 Å². The van der Waals surface area contributed by atoms with E-state index in [0.29, 0.717) is 30.3 Å². The van der Waals surface area contributed by atoms with Crippen LogP contribution in [0.5, 0.6) is 0 Å². The van der Waals surface area contributed by atoms with Crippen LogP contribution in [-0.4, -0.2) is 47.9 Å². The van der Waals surface area contributed by atoms with Crippen LogP contribution in [0.25, 0.3) is 0 Å². The molecule has 0 bridgehead atoms.